The van der Waals surface area contributed by atoms with E-state index in [2.05, 4.69) is 0 Å². The number of ether oxygens (including phenoxy) is 1. The van der Waals surface area contributed by atoms with Crippen LogP contribution in [0.1, 0.15) is 11.1 Å². The molecule has 0 saturated heterocycles. The molecule has 0 aromatic heterocycles. The highest BCUT2D eigenvalue weighted by atomic mass is 19.4. The van der Waals surface area contributed by atoms with Crippen molar-refractivity contribution in [3.05, 3.63) is 29.3 Å². The Morgan fingerprint density at radius 1 is 1.40 bits per heavy atom. The average Bonchev–Trinajstić information content (AvgIpc) is 2.17. The molecule has 0 aliphatic rings. The molecule has 1 aromatic carbocycles. The third-order valence-electron chi connectivity index (χ3n) is 1.88. The number of nitrogens with one attached hydrogen (secondary N) is 1. The zero-order valence-corrected chi connectivity index (χ0v) is 7.93. The first-order chi connectivity index (χ1) is 6.99. The number of hydrogen-bond donors (Lipinski definition) is 2. The number of benzene rings is 1. The van der Waals surface area contributed by atoms with Gasteiger partial charge in [-0.3, -0.25) is 0 Å². The Morgan fingerprint density at radius 3 is 2.53 bits per heavy atom. The Balaban J connectivity index is 3.08. The van der Waals surface area contributed by atoms with Crippen molar-refractivity contribution in [2.75, 3.05) is 7.11 Å². The van der Waals surface area contributed by atoms with Gasteiger partial charge in [-0.15, -0.1) is 0 Å². The third kappa shape index (κ3) is 2.84. The van der Waals surface area contributed by atoms with E-state index in [4.69, 9.17) is 9.94 Å². The summed E-state index contributed by atoms with van der Waals surface area (Å²) in [7, 11) is 1.27. The first-order valence-corrected chi connectivity index (χ1v) is 4.10. The van der Waals surface area contributed by atoms with Crippen molar-refractivity contribution in [3.63, 3.8) is 0 Å². The lowest BCUT2D eigenvalue weighted by Gasteiger charge is -2.11. The van der Waals surface area contributed by atoms with Crippen molar-refractivity contribution < 1.29 is 23.1 Å². The molecule has 0 atom stereocenters. The quantitative estimate of drug-likeness (QED) is 0.769. The highest BCUT2D eigenvalue weighted by Crippen LogP contribution is 2.32. The summed E-state index contributed by atoms with van der Waals surface area (Å²) in [6.07, 6.45) is -4.39. The second-order valence-electron chi connectivity index (χ2n) is 2.86. The minimum Gasteiger partial charge on any atom is -0.496 e. The monoisotopic (exact) mass is 221 g/mol. The van der Waals surface area contributed by atoms with E-state index in [0.29, 0.717) is 5.56 Å². The summed E-state index contributed by atoms with van der Waals surface area (Å²) >= 11 is 0. The molecule has 6 heteroatoms. The van der Waals surface area contributed by atoms with Gasteiger partial charge in [-0.1, -0.05) is 6.07 Å². The summed E-state index contributed by atoms with van der Waals surface area (Å²) in [5, 5.41) is 8.44. The van der Waals surface area contributed by atoms with Gasteiger partial charge in [0, 0.05) is 12.1 Å². The molecule has 0 aliphatic carbocycles. The van der Waals surface area contributed by atoms with Gasteiger partial charge >= 0.3 is 6.18 Å². The first kappa shape index (κ1) is 11.8. The van der Waals surface area contributed by atoms with Crippen LogP contribution in [0.4, 0.5) is 13.2 Å². The second-order valence-corrected chi connectivity index (χ2v) is 2.86. The Hall–Kier alpha value is -1.27. The fourth-order valence-corrected chi connectivity index (χ4v) is 1.15. The van der Waals surface area contributed by atoms with Crippen molar-refractivity contribution in [1.82, 2.24) is 5.48 Å². The minimum absolute atomic E-state index is 0.0291. The van der Waals surface area contributed by atoms with Gasteiger partial charge in [0.2, 0.25) is 0 Å². The van der Waals surface area contributed by atoms with Crippen molar-refractivity contribution in [2.45, 2.75) is 12.7 Å². The number of alkyl halides is 3. The van der Waals surface area contributed by atoms with Crippen LogP contribution in [-0.4, -0.2) is 12.3 Å². The van der Waals surface area contributed by atoms with Crippen LogP contribution in [0.25, 0.3) is 0 Å². The molecule has 84 valence electrons. The molecule has 0 heterocycles. The van der Waals surface area contributed by atoms with Crippen LogP contribution in [-0.2, 0) is 12.7 Å². The van der Waals surface area contributed by atoms with Gasteiger partial charge in [-0.25, -0.2) is 5.48 Å². The zero-order valence-electron chi connectivity index (χ0n) is 7.93. The van der Waals surface area contributed by atoms with Crippen LogP contribution >= 0.6 is 0 Å². The largest absolute Gasteiger partial charge is 0.496 e. The van der Waals surface area contributed by atoms with Crippen LogP contribution in [0.2, 0.25) is 0 Å². The van der Waals surface area contributed by atoms with E-state index in [-0.39, 0.29) is 12.3 Å². The molecule has 1 rings (SSSR count). The van der Waals surface area contributed by atoms with E-state index in [1.807, 2.05) is 5.48 Å². The predicted octanol–water partition coefficient (Wildman–Crippen LogP) is 2.19. The van der Waals surface area contributed by atoms with Crippen LogP contribution < -0.4 is 10.2 Å². The smallest absolute Gasteiger partial charge is 0.416 e. The standard InChI is InChI=1S/C9H10F3NO2/c1-15-8-4-7(9(10,11)12)3-2-6(8)5-13-14/h2-4,13-14H,5H2,1H3. The highest BCUT2D eigenvalue weighted by molar-refractivity contribution is 5.38. The van der Waals surface area contributed by atoms with E-state index in [0.717, 1.165) is 12.1 Å². The van der Waals surface area contributed by atoms with E-state index < -0.39 is 11.7 Å². The van der Waals surface area contributed by atoms with Gasteiger partial charge in [-0.05, 0) is 12.1 Å². The van der Waals surface area contributed by atoms with E-state index in [9.17, 15) is 13.2 Å². The van der Waals surface area contributed by atoms with Gasteiger partial charge in [0.1, 0.15) is 5.75 Å². The fourth-order valence-electron chi connectivity index (χ4n) is 1.15. The third-order valence-corrected chi connectivity index (χ3v) is 1.88. The number of hydrogen-bond acceptors (Lipinski definition) is 3. The van der Waals surface area contributed by atoms with Gasteiger partial charge in [0.15, 0.2) is 0 Å². The predicted molar refractivity (Wildman–Crippen MR) is 46.6 cm³/mol. The Bertz CT molecular complexity index is 339. The molecular formula is C9H10F3NO2. The maximum Gasteiger partial charge on any atom is 0.416 e. The van der Waals surface area contributed by atoms with Crippen molar-refractivity contribution in [1.29, 1.82) is 0 Å². The van der Waals surface area contributed by atoms with Gasteiger partial charge < -0.3 is 9.94 Å². The molecule has 2 N–H and O–H groups in total. The topological polar surface area (TPSA) is 41.5 Å². The molecule has 0 saturated carbocycles. The highest BCUT2D eigenvalue weighted by Gasteiger charge is 2.31. The van der Waals surface area contributed by atoms with Crippen LogP contribution in [0.3, 0.4) is 0 Å². The second kappa shape index (κ2) is 4.50. The van der Waals surface area contributed by atoms with E-state index >= 15 is 0 Å². The number of halogens is 3. The Kier molecular flexibility index (Phi) is 3.54. The number of methoxy groups -OCH3 is 1. The summed E-state index contributed by atoms with van der Waals surface area (Å²) in [6.45, 7) is 0.0291. The summed E-state index contributed by atoms with van der Waals surface area (Å²) in [6, 6.07) is 3.09. The van der Waals surface area contributed by atoms with Crippen LogP contribution in [0.15, 0.2) is 18.2 Å². The number of hydroxylamine groups is 1. The van der Waals surface area contributed by atoms with Gasteiger partial charge in [0.25, 0.3) is 0 Å². The maximum absolute atomic E-state index is 12.3. The SMILES string of the molecule is COc1cc(C(F)(F)F)ccc1CNO. The summed E-state index contributed by atoms with van der Waals surface area (Å²) < 4.78 is 41.7. The normalized spacial score (nSPS) is 11.5. The van der Waals surface area contributed by atoms with Crippen molar-refractivity contribution in [3.8, 4) is 5.75 Å². The zero-order chi connectivity index (χ0) is 11.5. The molecule has 0 unspecified atom stereocenters. The summed E-state index contributed by atoms with van der Waals surface area (Å²) in [4.78, 5) is 0. The van der Waals surface area contributed by atoms with Gasteiger partial charge in [0.05, 0.1) is 12.7 Å². The van der Waals surface area contributed by atoms with Crippen molar-refractivity contribution >= 4 is 0 Å². The molecule has 0 aliphatic heterocycles. The van der Waals surface area contributed by atoms with Crippen LogP contribution in [0.5, 0.6) is 5.75 Å². The maximum atomic E-state index is 12.3. The molecule has 0 radical (unpaired) electrons. The lowest BCUT2D eigenvalue weighted by molar-refractivity contribution is -0.137. The molecule has 3 nitrogen and oxygen atoms in total. The molecular weight excluding hydrogens is 211 g/mol. The van der Waals surface area contributed by atoms with Crippen LogP contribution in [0, 0.1) is 0 Å². The molecule has 0 spiro atoms. The molecule has 0 amide bonds. The Morgan fingerprint density at radius 2 is 2.07 bits per heavy atom. The lowest BCUT2D eigenvalue weighted by Crippen LogP contribution is -2.10. The first-order valence-electron chi connectivity index (χ1n) is 4.10. The molecule has 0 fully saturated rings. The lowest BCUT2D eigenvalue weighted by atomic mass is 10.1. The molecule has 1 aromatic rings. The minimum atomic E-state index is -4.39. The number of rotatable bonds is 3. The molecule has 0 bridgehead atoms. The molecule has 15 heavy (non-hydrogen) atoms. The summed E-state index contributed by atoms with van der Waals surface area (Å²) in [5.41, 5.74) is 1.53. The summed E-state index contributed by atoms with van der Waals surface area (Å²) in [5.74, 6) is 0.0892. The van der Waals surface area contributed by atoms with E-state index in [1.54, 1.807) is 0 Å². The van der Waals surface area contributed by atoms with E-state index in [1.165, 1.54) is 13.2 Å². The van der Waals surface area contributed by atoms with Crippen molar-refractivity contribution in [2.24, 2.45) is 0 Å². The Labute approximate surface area is 84.4 Å². The van der Waals surface area contributed by atoms with Gasteiger partial charge in [-0.2, -0.15) is 13.2 Å². The fraction of sp³-hybridized carbons (Fsp3) is 0.333. The average molecular weight is 221 g/mol.